The van der Waals surface area contributed by atoms with E-state index in [0.717, 1.165) is 18.8 Å². The number of piperazine rings is 1. The minimum absolute atomic E-state index is 0.0185. The van der Waals surface area contributed by atoms with Crippen LogP contribution in [0.2, 0.25) is 5.02 Å². The van der Waals surface area contributed by atoms with E-state index in [9.17, 15) is 4.79 Å². The van der Waals surface area contributed by atoms with E-state index in [4.69, 9.17) is 21.6 Å². The van der Waals surface area contributed by atoms with Gasteiger partial charge in [0.25, 0.3) is 0 Å². The lowest BCUT2D eigenvalue weighted by Gasteiger charge is -2.36. The van der Waals surface area contributed by atoms with Crippen LogP contribution in [0.5, 0.6) is 0 Å². The van der Waals surface area contributed by atoms with E-state index in [-0.39, 0.29) is 12.5 Å². The maximum atomic E-state index is 11.7. The molecule has 0 unspecified atom stereocenters. The van der Waals surface area contributed by atoms with Crippen molar-refractivity contribution in [1.82, 2.24) is 4.90 Å². The molecule has 0 bridgehead atoms. The van der Waals surface area contributed by atoms with Gasteiger partial charge in [-0.2, -0.15) is 5.26 Å². The van der Waals surface area contributed by atoms with E-state index < -0.39 is 0 Å². The molecule has 0 spiro atoms. The summed E-state index contributed by atoms with van der Waals surface area (Å²) in [5.41, 5.74) is 1.46. The Bertz CT molecular complexity index is 534. The van der Waals surface area contributed by atoms with E-state index in [0.29, 0.717) is 23.7 Å². The zero-order valence-electron chi connectivity index (χ0n) is 11.3. The lowest BCUT2D eigenvalue weighted by atomic mass is 10.2. The van der Waals surface area contributed by atoms with Crippen LogP contribution in [0.3, 0.4) is 0 Å². The van der Waals surface area contributed by atoms with Crippen LogP contribution in [-0.2, 0) is 9.53 Å². The topological polar surface area (TPSA) is 56.6 Å². The van der Waals surface area contributed by atoms with Crippen LogP contribution >= 0.6 is 11.6 Å². The average molecular weight is 294 g/mol. The van der Waals surface area contributed by atoms with Gasteiger partial charge in [-0.3, -0.25) is 4.79 Å². The maximum absolute atomic E-state index is 11.7. The quantitative estimate of drug-likeness (QED) is 0.847. The van der Waals surface area contributed by atoms with E-state index in [1.165, 1.54) is 7.11 Å². The van der Waals surface area contributed by atoms with Crippen LogP contribution in [0.4, 0.5) is 5.69 Å². The van der Waals surface area contributed by atoms with Gasteiger partial charge in [0.05, 0.1) is 10.6 Å². The third-order valence-corrected chi connectivity index (χ3v) is 3.65. The summed E-state index contributed by atoms with van der Waals surface area (Å²) >= 11 is 6.04. The van der Waals surface area contributed by atoms with Gasteiger partial charge in [-0.05, 0) is 18.2 Å². The summed E-state index contributed by atoms with van der Waals surface area (Å²) in [5, 5.41) is 9.32. The summed E-state index contributed by atoms with van der Waals surface area (Å²) in [6, 6.07) is 7.45. The third kappa shape index (κ3) is 3.21. The third-order valence-electron chi connectivity index (χ3n) is 3.34. The molecule has 1 aliphatic rings. The summed E-state index contributed by atoms with van der Waals surface area (Å²) in [6.07, 6.45) is 0. The van der Waals surface area contributed by atoms with Crippen LogP contribution in [0, 0.1) is 11.3 Å². The van der Waals surface area contributed by atoms with E-state index in [1.807, 2.05) is 12.1 Å². The van der Waals surface area contributed by atoms with Gasteiger partial charge in [-0.15, -0.1) is 0 Å². The predicted molar refractivity (Wildman–Crippen MR) is 76.8 cm³/mol. The highest BCUT2D eigenvalue weighted by molar-refractivity contribution is 6.32. The smallest absolute Gasteiger partial charge is 0.248 e. The van der Waals surface area contributed by atoms with Crippen molar-refractivity contribution >= 4 is 23.2 Å². The molecule has 6 heteroatoms. The minimum atomic E-state index is 0.0185. The lowest BCUT2D eigenvalue weighted by molar-refractivity contribution is -0.135. The second kappa shape index (κ2) is 6.60. The molecule has 0 aliphatic carbocycles. The molecule has 0 aromatic heterocycles. The molecule has 1 saturated heterocycles. The summed E-state index contributed by atoms with van der Waals surface area (Å²) in [6.45, 7) is 2.96. The van der Waals surface area contributed by atoms with Crippen molar-refractivity contribution < 1.29 is 9.53 Å². The molecular formula is C14H16ClN3O2. The monoisotopic (exact) mass is 293 g/mol. The Morgan fingerprint density at radius 3 is 2.65 bits per heavy atom. The van der Waals surface area contributed by atoms with Gasteiger partial charge in [-0.25, -0.2) is 0 Å². The summed E-state index contributed by atoms with van der Waals surface area (Å²) < 4.78 is 4.86. The molecule has 1 fully saturated rings. The molecule has 20 heavy (non-hydrogen) atoms. The molecule has 1 aromatic carbocycles. The molecule has 5 nitrogen and oxygen atoms in total. The van der Waals surface area contributed by atoms with Crippen LogP contribution in [0.15, 0.2) is 18.2 Å². The summed E-state index contributed by atoms with van der Waals surface area (Å²) in [4.78, 5) is 15.7. The van der Waals surface area contributed by atoms with Gasteiger partial charge < -0.3 is 14.5 Å². The first kappa shape index (κ1) is 14.6. The van der Waals surface area contributed by atoms with Crippen LogP contribution < -0.4 is 4.90 Å². The Balaban J connectivity index is 1.99. The van der Waals surface area contributed by atoms with Gasteiger partial charge >= 0.3 is 0 Å². The van der Waals surface area contributed by atoms with Crippen LogP contribution in [0.1, 0.15) is 5.56 Å². The number of carbonyl (C=O) groups is 1. The number of benzene rings is 1. The Morgan fingerprint density at radius 1 is 1.40 bits per heavy atom. The number of amides is 1. The zero-order valence-corrected chi connectivity index (χ0v) is 12.1. The Morgan fingerprint density at radius 2 is 2.10 bits per heavy atom. The number of methoxy groups -OCH3 is 1. The average Bonchev–Trinajstić information content (AvgIpc) is 2.47. The summed E-state index contributed by atoms with van der Waals surface area (Å²) in [5.74, 6) is 0.0185. The molecular weight excluding hydrogens is 278 g/mol. The first-order valence-electron chi connectivity index (χ1n) is 6.37. The maximum Gasteiger partial charge on any atom is 0.248 e. The largest absolute Gasteiger partial charge is 0.375 e. The zero-order chi connectivity index (χ0) is 14.5. The van der Waals surface area contributed by atoms with Crippen LogP contribution in [-0.4, -0.2) is 50.7 Å². The van der Waals surface area contributed by atoms with Gasteiger partial charge in [-0.1, -0.05) is 11.6 Å². The fourth-order valence-corrected chi connectivity index (χ4v) is 2.44. The number of halogens is 1. The molecule has 106 valence electrons. The number of nitrogens with zero attached hydrogens (tertiary/aromatic N) is 3. The molecule has 0 atom stereocenters. The second-order valence-corrected chi connectivity index (χ2v) is 4.98. The van der Waals surface area contributed by atoms with Gasteiger partial charge in [0.2, 0.25) is 5.91 Å². The molecule has 1 aliphatic heterocycles. The van der Waals surface area contributed by atoms with Crippen LogP contribution in [0.25, 0.3) is 0 Å². The van der Waals surface area contributed by atoms with E-state index >= 15 is 0 Å². The first-order valence-corrected chi connectivity index (χ1v) is 6.75. The summed E-state index contributed by atoms with van der Waals surface area (Å²) in [7, 11) is 1.52. The highest BCUT2D eigenvalue weighted by Gasteiger charge is 2.21. The van der Waals surface area contributed by atoms with Gasteiger partial charge in [0.15, 0.2) is 0 Å². The molecule has 1 amide bonds. The minimum Gasteiger partial charge on any atom is -0.375 e. The number of hydrogen-bond donors (Lipinski definition) is 0. The fourth-order valence-electron chi connectivity index (χ4n) is 2.22. The predicted octanol–water partition coefficient (Wildman–Crippen LogP) is 1.51. The van der Waals surface area contributed by atoms with E-state index in [2.05, 4.69) is 4.90 Å². The normalized spacial score (nSPS) is 15.1. The molecule has 0 radical (unpaired) electrons. The number of ether oxygens (including phenoxy) is 1. The molecule has 1 aromatic rings. The van der Waals surface area contributed by atoms with E-state index in [1.54, 1.807) is 17.0 Å². The van der Waals surface area contributed by atoms with Crippen molar-refractivity contribution in [2.45, 2.75) is 0 Å². The number of rotatable bonds is 3. The highest BCUT2D eigenvalue weighted by atomic mass is 35.5. The molecule has 2 rings (SSSR count). The molecule has 0 N–H and O–H groups in total. The van der Waals surface area contributed by atoms with Crippen molar-refractivity contribution in [1.29, 1.82) is 5.26 Å². The first-order chi connectivity index (χ1) is 9.65. The standard InChI is InChI=1S/C14H16ClN3O2/c1-20-10-14(19)18-6-4-17(5-7-18)12-3-2-11(9-16)13(15)8-12/h2-3,8H,4-7,10H2,1H3. The number of nitriles is 1. The number of carbonyl (C=O) groups excluding carboxylic acids is 1. The van der Waals surface area contributed by atoms with Crippen molar-refractivity contribution in [3.8, 4) is 6.07 Å². The van der Waals surface area contributed by atoms with Gasteiger partial charge in [0.1, 0.15) is 12.7 Å². The van der Waals surface area contributed by atoms with Crippen molar-refractivity contribution in [2.24, 2.45) is 0 Å². The Hall–Kier alpha value is -1.77. The molecule has 1 heterocycles. The SMILES string of the molecule is COCC(=O)N1CCN(c2ccc(C#N)c(Cl)c2)CC1. The highest BCUT2D eigenvalue weighted by Crippen LogP contribution is 2.24. The Kier molecular flexibility index (Phi) is 4.83. The van der Waals surface area contributed by atoms with Crippen molar-refractivity contribution in [2.75, 3.05) is 44.8 Å². The van der Waals surface area contributed by atoms with Crippen molar-refractivity contribution in [3.05, 3.63) is 28.8 Å². The lowest BCUT2D eigenvalue weighted by Crippen LogP contribution is -2.49. The molecule has 0 saturated carbocycles. The number of hydrogen-bond acceptors (Lipinski definition) is 4. The number of anilines is 1. The van der Waals surface area contributed by atoms with Gasteiger partial charge in [0, 0.05) is 39.0 Å². The Labute approximate surface area is 123 Å². The second-order valence-electron chi connectivity index (χ2n) is 4.58. The fraction of sp³-hybridized carbons (Fsp3) is 0.429. The van der Waals surface area contributed by atoms with Crippen molar-refractivity contribution in [3.63, 3.8) is 0 Å².